The second kappa shape index (κ2) is 8.12. The van der Waals surface area contributed by atoms with Gasteiger partial charge in [-0.25, -0.2) is 0 Å². The van der Waals surface area contributed by atoms with Crippen LogP contribution in [0.2, 0.25) is 0 Å². The van der Waals surface area contributed by atoms with Crippen molar-refractivity contribution in [3.8, 4) is 0 Å². The van der Waals surface area contributed by atoms with Crippen LogP contribution in [-0.4, -0.2) is 71.4 Å². The van der Waals surface area contributed by atoms with Gasteiger partial charge in [-0.3, -0.25) is 9.48 Å². The first-order valence-electron chi connectivity index (χ1n) is 9.27. The van der Waals surface area contributed by atoms with E-state index in [9.17, 15) is 4.79 Å². The molecule has 0 aromatic carbocycles. The zero-order chi connectivity index (χ0) is 16.9. The summed E-state index contributed by atoms with van der Waals surface area (Å²) in [5.74, 6) is 0.848. The maximum Gasteiger partial charge on any atom is 0.257 e. The van der Waals surface area contributed by atoms with Gasteiger partial charge in [0, 0.05) is 45.1 Å². The Balaban J connectivity index is 1.49. The van der Waals surface area contributed by atoms with E-state index in [1.54, 1.807) is 6.20 Å². The predicted octanol–water partition coefficient (Wildman–Crippen LogP) is 2.04. The maximum absolute atomic E-state index is 12.7. The molecule has 0 N–H and O–H groups in total. The molecule has 1 amide bonds. The fourth-order valence-corrected chi connectivity index (χ4v) is 3.49. The average molecular weight is 334 g/mol. The van der Waals surface area contributed by atoms with Crippen molar-refractivity contribution >= 4 is 5.91 Å². The summed E-state index contributed by atoms with van der Waals surface area (Å²) in [6, 6.07) is 0.283. The number of rotatable bonds is 5. The second-order valence-electron chi connectivity index (χ2n) is 7.31. The number of carbonyl (C=O) groups is 1. The Morgan fingerprint density at radius 1 is 1.33 bits per heavy atom. The van der Waals surface area contributed by atoms with Crippen molar-refractivity contribution in [2.75, 3.05) is 45.9 Å². The van der Waals surface area contributed by atoms with E-state index in [2.05, 4.69) is 23.8 Å². The standard InChI is InChI=1S/C18H30N4O2/c1-15(2)22-13-17(12-19-22)18(23)21-7-3-6-20(9-10-21)8-4-16-5-11-24-14-16/h12-13,15-16H,3-11,14H2,1-2H3. The number of hydrogen-bond donors (Lipinski definition) is 0. The molecule has 3 rings (SSSR count). The third-order valence-electron chi connectivity index (χ3n) is 5.13. The summed E-state index contributed by atoms with van der Waals surface area (Å²) in [4.78, 5) is 17.2. The molecule has 3 heterocycles. The molecule has 0 saturated carbocycles. The number of ether oxygens (including phenoxy) is 1. The Labute approximate surface area is 144 Å². The van der Waals surface area contributed by atoms with Gasteiger partial charge in [0.15, 0.2) is 0 Å². The first-order valence-corrected chi connectivity index (χ1v) is 9.27. The zero-order valence-electron chi connectivity index (χ0n) is 15.0. The van der Waals surface area contributed by atoms with Gasteiger partial charge in [0.2, 0.25) is 0 Å². The molecule has 2 fully saturated rings. The molecule has 24 heavy (non-hydrogen) atoms. The zero-order valence-corrected chi connectivity index (χ0v) is 15.0. The Morgan fingerprint density at radius 2 is 2.21 bits per heavy atom. The van der Waals surface area contributed by atoms with Crippen molar-refractivity contribution in [3.05, 3.63) is 18.0 Å². The van der Waals surface area contributed by atoms with Crippen LogP contribution in [0.15, 0.2) is 12.4 Å². The molecule has 0 aliphatic carbocycles. The van der Waals surface area contributed by atoms with Crippen molar-refractivity contribution in [3.63, 3.8) is 0 Å². The lowest BCUT2D eigenvalue weighted by Crippen LogP contribution is -2.35. The first-order chi connectivity index (χ1) is 11.6. The molecule has 1 atom stereocenters. The summed E-state index contributed by atoms with van der Waals surface area (Å²) in [5.41, 5.74) is 0.709. The van der Waals surface area contributed by atoms with Crippen LogP contribution in [0.3, 0.4) is 0 Å². The third kappa shape index (κ3) is 4.36. The number of nitrogens with zero attached hydrogens (tertiary/aromatic N) is 4. The lowest BCUT2D eigenvalue weighted by molar-refractivity contribution is 0.0761. The molecular weight excluding hydrogens is 304 g/mol. The fourth-order valence-electron chi connectivity index (χ4n) is 3.49. The van der Waals surface area contributed by atoms with Gasteiger partial charge in [-0.2, -0.15) is 5.10 Å². The van der Waals surface area contributed by atoms with Crippen LogP contribution in [0.1, 0.15) is 49.5 Å². The van der Waals surface area contributed by atoms with Crippen LogP contribution < -0.4 is 0 Å². The maximum atomic E-state index is 12.7. The van der Waals surface area contributed by atoms with Gasteiger partial charge in [0.25, 0.3) is 5.91 Å². The first kappa shape index (κ1) is 17.4. The number of carbonyl (C=O) groups excluding carboxylic acids is 1. The molecule has 2 aliphatic heterocycles. The monoisotopic (exact) mass is 334 g/mol. The van der Waals surface area contributed by atoms with E-state index < -0.39 is 0 Å². The normalized spacial score (nSPS) is 23.0. The van der Waals surface area contributed by atoms with Crippen molar-refractivity contribution in [2.24, 2.45) is 5.92 Å². The highest BCUT2D eigenvalue weighted by Gasteiger charge is 2.23. The van der Waals surface area contributed by atoms with Crippen molar-refractivity contribution in [1.82, 2.24) is 19.6 Å². The van der Waals surface area contributed by atoms with Gasteiger partial charge in [-0.15, -0.1) is 0 Å². The van der Waals surface area contributed by atoms with Crippen LogP contribution in [0.25, 0.3) is 0 Å². The summed E-state index contributed by atoms with van der Waals surface area (Å²) in [6.45, 7) is 10.8. The van der Waals surface area contributed by atoms with Crippen LogP contribution >= 0.6 is 0 Å². The van der Waals surface area contributed by atoms with E-state index >= 15 is 0 Å². The molecular formula is C18H30N4O2. The number of hydrogen-bond acceptors (Lipinski definition) is 4. The molecule has 2 aliphatic rings. The molecule has 1 unspecified atom stereocenters. The molecule has 6 heteroatoms. The van der Waals surface area contributed by atoms with Crippen molar-refractivity contribution < 1.29 is 9.53 Å². The molecule has 1 aromatic rings. The highest BCUT2D eigenvalue weighted by atomic mass is 16.5. The second-order valence-corrected chi connectivity index (χ2v) is 7.31. The minimum absolute atomic E-state index is 0.118. The molecule has 134 valence electrons. The molecule has 2 saturated heterocycles. The van der Waals surface area contributed by atoms with Crippen LogP contribution in [0, 0.1) is 5.92 Å². The van der Waals surface area contributed by atoms with Gasteiger partial charge >= 0.3 is 0 Å². The van der Waals surface area contributed by atoms with Crippen LogP contribution in [-0.2, 0) is 4.74 Å². The average Bonchev–Trinajstić information content (AvgIpc) is 3.21. The van der Waals surface area contributed by atoms with E-state index in [0.717, 1.165) is 58.3 Å². The van der Waals surface area contributed by atoms with E-state index in [1.165, 1.54) is 12.8 Å². The molecule has 6 nitrogen and oxygen atoms in total. The summed E-state index contributed by atoms with van der Waals surface area (Å²) in [7, 11) is 0. The summed E-state index contributed by atoms with van der Waals surface area (Å²) >= 11 is 0. The predicted molar refractivity (Wildman–Crippen MR) is 93.1 cm³/mol. The SMILES string of the molecule is CC(C)n1cc(C(=O)N2CCCN(CCC3CCOC3)CC2)cn1. The fraction of sp³-hybridized carbons (Fsp3) is 0.778. The highest BCUT2D eigenvalue weighted by Crippen LogP contribution is 2.17. The highest BCUT2D eigenvalue weighted by molar-refractivity contribution is 5.93. The minimum Gasteiger partial charge on any atom is -0.381 e. The van der Waals surface area contributed by atoms with Crippen LogP contribution in [0.4, 0.5) is 0 Å². The number of aromatic nitrogens is 2. The van der Waals surface area contributed by atoms with E-state index in [4.69, 9.17) is 4.74 Å². The molecule has 0 spiro atoms. The molecule has 1 aromatic heterocycles. The Bertz CT molecular complexity index is 537. The Morgan fingerprint density at radius 3 is 2.92 bits per heavy atom. The third-order valence-corrected chi connectivity index (χ3v) is 5.13. The minimum atomic E-state index is 0.118. The molecule has 0 radical (unpaired) electrons. The van der Waals surface area contributed by atoms with Gasteiger partial charge in [0.05, 0.1) is 11.8 Å². The summed E-state index contributed by atoms with van der Waals surface area (Å²) < 4.78 is 7.31. The molecule has 0 bridgehead atoms. The summed E-state index contributed by atoms with van der Waals surface area (Å²) in [6.07, 6.45) is 7.04. The van der Waals surface area contributed by atoms with E-state index in [-0.39, 0.29) is 11.9 Å². The van der Waals surface area contributed by atoms with Gasteiger partial charge in [-0.05, 0) is 52.1 Å². The number of amides is 1. The van der Waals surface area contributed by atoms with Gasteiger partial charge < -0.3 is 14.5 Å². The lowest BCUT2D eigenvalue weighted by Gasteiger charge is -2.22. The van der Waals surface area contributed by atoms with Crippen LogP contribution in [0.5, 0.6) is 0 Å². The van der Waals surface area contributed by atoms with Crippen molar-refractivity contribution in [1.29, 1.82) is 0 Å². The van der Waals surface area contributed by atoms with Crippen molar-refractivity contribution in [2.45, 2.75) is 39.2 Å². The van der Waals surface area contributed by atoms with E-state index in [0.29, 0.717) is 5.56 Å². The van der Waals surface area contributed by atoms with Gasteiger partial charge in [0.1, 0.15) is 0 Å². The largest absolute Gasteiger partial charge is 0.381 e. The topological polar surface area (TPSA) is 50.6 Å². The smallest absolute Gasteiger partial charge is 0.257 e. The summed E-state index contributed by atoms with van der Waals surface area (Å²) in [5, 5.41) is 4.29. The van der Waals surface area contributed by atoms with Gasteiger partial charge in [-0.1, -0.05) is 0 Å². The Hall–Kier alpha value is -1.40. The Kier molecular flexibility index (Phi) is 5.89. The quantitative estimate of drug-likeness (QED) is 0.827. The lowest BCUT2D eigenvalue weighted by atomic mass is 10.1. The van der Waals surface area contributed by atoms with E-state index in [1.807, 2.05) is 15.8 Å².